The van der Waals surface area contributed by atoms with Gasteiger partial charge in [-0.3, -0.25) is 13.9 Å². The molecule has 0 saturated carbocycles. The van der Waals surface area contributed by atoms with Crippen molar-refractivity contribution in [1.82, 2.24) is 10.2 Å². The summed E-state index contributed by atoms with van der Waals surface area (Å²) >= 11 is 0. The Morgan fingerprint density at radius 1 is 1.00 bits per heavy atom. The molecule has 2 amide bonds. The summed E-state index contributed by atoms with van der Waals surface area (Å²) in [7, 11) is -4.03. The molecule has 0 unspecified atom stereocenters. The summed E-state index contributed by atoms with van der Waals surface area (Å²) in [5.74, 6) is -3.22. The predicted molar refractivity (Wildman–Crippen MR) is 128 cm³/mol. The van der Waals surface area contributed by atoms with Crippen LogP contribution in [0.3, 0.4) is 0 Å². The molecule has 1 atom stereocenters. The van der Waals surface area contributed by atoms with Crippen molar-refractivity contribution in [3.8, 4) is 0 Å². The van der Waals surface area contributed by atoms with Gasteiger partial charge >= 0.3 is 0 Å². The molecule has 0 bridgehead atoms. The maximum Gasteiger partial charge on any atom is 0.244 e. The van der Waals surface area contributed by atoms with Gasteiger partial charge in [0.15, 0.2) is 11.6 Å². The molecule has 7 nitrogen and oxygen atoms in total. The highest BCUT2D eigenvalue weighted by atomic mass is 32.2. The molecular formula is C24H31F2N3O4S. The molecule has 0 fully saturated rings. The van der Waals surface area contributed by atoms with Crippen LogP contribution in [0.1, 0.15) is 31.9 Å². The zero-order valence-electron chi connectivity index (χ0n) is 20.0. The molecule has 0 aromatic heterocycles. The number of halogens is 2. The summed E-state index contributed by atoms with van der Waals surface area (Å²) in [6, 6.07) is 9.05. The molecule has 34 heavy (non-hydrogen) atoms. The fourth-order valence-corrected chi connectivity index (χ4v) is 4.02. The van der Waals surface area contributed by atoms with Gasteiger partial charge in [0, 0.05) is 19.2 Å². The Labute approximate surface area is 199 Å². The van der Waals surface area contributed by atoms with Crippen LogP contribution in [0.2, 0.25) is 0 Å². The number of anilines is 1. The van der Waals surface area contributed by atoms with Crippen LogP contribution in [-0.2, 0) is 26.2 Å². The van der Waals surface area contributed by atoms with Crippen LogP contribution >= 0.6 is 0 Å². The van der Waals surface area contributed by atoms with Crippen molar-refractivity contribution in [1.29, 1.82) is 0 Å². The van der Waals surface area contributed by atoms with Crippen molar-refractivity contribution in [2.45, 2.75) is 40.3 Å². The van der Waals surface area contributed by atoms with Crippen LogP contribution < -0.4 is 9.62 Å². The van der Waals surface area contributed by atoms with E-state index in [1.54, 1.807) is 6.92 Å². The van der Waals surface area contributed by atoms with E-state index in [9.17, 15) is 26.8 Å². The monoisotopic (exact) mass is 495 g/mol. The molecule has 0 saturated heterocycles. The lowest BCUT2D eigenvalue weighted by molar-refractivity contribution is -0.139. The van der Waals surface area contributed by atoms with Crippen LogP contribution in [0.25, 0.3) is 0 Å². The summed E-state index contributed by atoms with van der Waals surface area (Å²) in [5, 5.41) is 2.79. The third kappa shape index (κ3) is 7.51. The molecule has 0 aliphatic rings. The van der Waals surface area contributed by atoms with E-state index in [1.807, 2.05) is 45.0 Å². The Hall–Kier alpha value is -3.01. The lowest BCUT2D eigenvalue weighted by Crippen LogP contribution is -2.51. The molecule has 0 spiro atoms. The molecule has 0 radical (unpaired) electrons. The number of benzene rings is 2. The van der Waals surface area contributed by atoms with Crippen molar-refractivity contribution in [2.75, 3.05) is 23.7 Å². The van der Waals surface area contributed by atoms with Gasteiger partial charge in [0.1, 0.15) is 12.6 Å². The Kier molecular flexibility index (Phi) is 9.14. The number of rotatable bonds is 10. The first-order valence-electron chi connectivity index (χ1n) is 10.8. The number of amides is 2. The van der Waals surface area contributed by atoms with Crippen LogP contribution in [-0.4, -0.2) is 50.5 Å². The highest BCUT2D eigenvalue weighted by molar-refractivity contribution is 7.92. The number of aryl methyl sites for hydroxylation is 1. The Morgan fingerprint density at radius 2 is 1.62 bits per heavy atom. The molecular weight excluding hydrogens is 464 g/mol. The molecule has 2 aromatic carbocycles. The molecule has 2 rings (SSSR count). The second-order valence-corrected chi connectivity index (χ2v) is 10.6. The minimum atomic E-state index is -4.03. The van der Waals surface area contributed by atoms with Crippen LogP contribution in [0, 0.1) is 24.5 Å². The number of carbonyl (C=O) groups excluding carboxylic acids is 2. The summed E-state index contributed by atoms with van der Waals surface area (Å²) in [6.07, 6.45) is 0.866. The van der Waals surface area contributed by atoms with Crippen molar-refractivity contribution in [3.05, 3.63) is 65.2 Å². The molecule has 1 N–H and O–H groups in total. The van der Waals surface area contributed by atoms with Gasteiger partial charge in [-0.1, -0.05) is 43.7 Å². The van der Waals surface area contributed by atoms with Gasteiger partial charge in [0.05, 0.1) is 11.9 Å². The average Bonchev–Trinajstić information content (AvgIpc) is 2.76. The standard InChI is InChI=1S/C24H31F2N3O4S/c1-16(2)13-27-24(31)18(4)28(14-19-8-6-17(3)7-9-19)23(30)15-29(34(5,32)33)20-10-11-21(25)22(26)12-20/h6-12,16,18H,13-15H2,1-5H3,(H,27,31)/t18-/m0/s1. The number of sulfonamides is 1. The third-order valence-corrected chi connectivity index (χ3v) is 6.34. The number of nitrogens with zero attached hydrogens (tertiary/aromatic N) is 2. The first kappa shape index (κ1) is 27.2. The van der Waals surface area contributed by atoms with Gasteiger partial charge in [0.2, 0.25) is 21.8 Å². The predicted octanol–water partition coefficient (Wildman–Crippen LogP) is 3.23. The summed E-state index contributed by atoms with van der Waals surface area (Å²) in [5.41, 5.74) is 1.58. The largest absolute Gasteiger partial charge is 0.354 e. The van der Waals surface area contributed by atoms with Gasteiger partial charge < -0.3 is 10.2 Å². The van der Waals surface area contributed by atoms with E-state index in [1.165, 1.54) is 4.90 Å². The molecule has 10 heteroatoms. The van der Waals surface area contributed by atoms with Gasteiger partial charge in [-0.2, -0.15) is 0 Å². The van der Waals surface area contributed by atoms with Gasteiger partial charge in [-0.05, 0) is 37.5 Å². The smallest absolute Gasteiger partial charge is 0.244 e. The van der Waals surface area contributed by atoms with E-state index in [4.69, 9.17) is 0 Å². The zero-order valence-corrected chi connectivity index (χ0v) is 20.8. The molecule has 2 aromatic rings. The van der Waals surface area contributed by atoms with E-state index in [-0.39, 0.29) is 24.1 Å². The third-order valence-electron chi connectivity index (χ3n) is 5.20. The molecule has 0 aliphatic carbocycles. The number of carbonyl (C=O) groups is 2. The maximum absolute atomic E-state index is 13.8. The SMILES string of the molecule is Cc1ccc(CN(C(=O)CN(c2ccc(F)c(F)c2)S(C)(=O)=O)[C@@H](C)C(=O)NCC(C)C)cc1. The first-order valence-corrected chi connectivity index (χ1v) is 12.7. The molecule has 186 valence electrons. The van der Waals surface area contributed by atoms with E-state index in [2.05, 4.69) is 5.32 Å². The van der Waals surface area contributed by atoms with Crippen molar-refractivity contribution in [2.24, 2.45) is 5.92 Å². The van der Waals surface area contributed by atoms with E-state index >= 15 is 0 Å². The second-order valence-electron chi connectivity index (χ2n) is 8.69. The Morgan fingerprint density at radius 3 is 2.15 bits per heavy atom. The van der Waals surface area contributed by atoms with E-state index < -0.39 is 40.2 Å². The van der Waals surface area contributed by atoms with Gasteiger partial charge in [-0.25, -0.2) is 17.2 Å². The number of hydrogen-bond acceptors (Lipinski definition) is 4. The van der Waals surface area contributed by atoms with Crippen LogP contribution in [0.5, 0.6) is 0 Å². The maximum atomic E-state index is 13.8. The van der Waals surface area contributed by atoms with Crippen molar-refractivity contribution in [3.63, 3.8) is 0 Å². The average molecular weight is 496 g/mol. The molecule has 0 aliphatic heterocycles. The lowest BCUT2D eigenvalue weighted by atomic mass is 10.1. The lowest BCUT2D eigenvalue weighted by Gasteiger charge is -2.31. The Balaban J connectivity index is 2.37. The molecule has 0 heterocycles. The van der Waals surface area contributed by atoms with Crippen LogP contribution in [0.15, 0.2) is 42.5 Å². The fourth-order valence-electron chi connectivity index (χ4n) is 3.18. The summed E-state index contributed by atoms with van der Waals surface area (Å²) in [6.45, 7) is 7.14. The highest BCUT2D eigenvalue weighted by Gasteiger charge is 2.30. The first-order chi connectivity index (χ1) is 15.8. The van der Waals surface area contributed by atoms with Crippen molar-refractivity contribution >= 4 is 27.5 Å². The second kappa shape index (κ2) is 11.4. The number of hydrogen-bond donors (Lipinski definition) is 1. The minimum absolute atomic E-state index is 0.0603. The minimum Gasteiger partial charge on any atom is -0.354 e. The van der Waals surface area contributed by atoms with Crippen molar-refractivity contribution < 1.29 is 26.8 Å². The van der Waals surface area contributed by atoms with E-state index in [0.29, 0.717) is 16.9 Å². The fraction of sp³-hybridized carbons (Fsp3) is 0.417. The topological polar surface area (TPSA) is 86.8 Å². The Bertz CT molecular complexity index is 1120. The summed E-state index contributed by atoms with van der Waals surface area (Å²) in [4.78, 5) is 27.4. The normalized spacial score (nSPS) is 12.4. The summed E-state index contributed by atoms with van der Waals surface area (Å²) < 4.78 is 52.7. The van der Waals surface area contributed by atoms with Gasteiger partial charge in [-0.15, -0.1) is 0 Å². The highest BCUT2D eigenvalue weighted by Crippen LogP contribution is 2.21. The van der Waals surface area contributed by atoms with E-state index in [0.717, 1.165) is 29.5 Å². The van der Waals surface area contributed by atoms with Gasteiger partial charge in [0.25, 0.3) is 0 Å². The van der Waals surface area contributed by atoms with Crippen LogP contribution in [0.4, 0.5) is 14.5 Å². The zero-order chi connectivity index (χ0) is 25.6. The number of nitrogens with one attached hydrogen (secondary N) is 1. The quantitative estimate of drug-likeness (QED) is 0.548.